The zero-order chi connectivity index (χ0) is 14.6. The monoisotopic (exact) mass is 330 g/mol. The van der Waals surface area contributed by atoms with Crippen LogP contribution in [0, 0.1) is 5.41 Å². The molecule has 4 nitrogen and oxygen atoms in total. The van der Waals surface area contributed by atoms with Crippen molar-refractivity contribution < 1.29 is 19.4 Å². The fourth-order valence-corrected chi connectivity index (χ4v) is 1.95. The molecule has 5 heteroatoms. The smallest absolute Gasteiger partial charge is 0.314 e. The van der Waals surface area contributed by atoms with Crippen LogP contribution >= 0.6 is 15.9 Å². The van der Waals surface area contributed by atoms with E-state index in [-0.39, 0.29) is 12.6 Å². The van der Waals surface area contributed by atoms with Crippen LogP contribution in [-0.2, 0) is 9.53 Å². The van der Waals surface area contributed by atoms with E-state index in [1.54, 1.807) is 32.9 Å². The lowest BCUT2D eigenvalue weighted by molar-refractivity contribution is -0.152. The van der Waals surface area contributed by atoms with Crippen molar-refractivity contribution >= 4 is 21.9 Å². The first-order valence-electron chi connectivity index (χ1n) is 5.96. The highest BCUT2D eigenvalue weighted by atomic mass is 79.9. The number of methoxy groups -OCH3 is 1. The van der Waals surface area contributed by atoms with Crippen LogP contribution < -0.4 is 4.74 Å². The van der Waals surface area contributed by atoms with Gasteiger partial charge in [0, 0.05) is 10.0 Å². The molecule has 0 spiro atoms. The van der Waals surface area contributed by atoms with Crippen molar-refractivity contribution in [2.45, 2.75) is 26.9 Å². The number of aliphatic hydroxyl groups is 1. The van der Waals surface area contributed by atoms with Crippen LogP contribution in [0.25, 0.3) is 0 Å². The number of esters is 1. The molecule has 0 aliphatic rings. The Morgan fingerprint density at radius 3 is 2.63 bits per heavy atom. The van der Waals surface area contributed by atoms with Crippen molar-refractivity contribution in [3.05, 3.63) is 28.2 Å². The van der Waals surface area contributed by atoms with Crippen LogP contribution in [0.5, 0.6) is 5.75 Å². The van der Waals surface area contributed by atoms with E-state index in [0.29, 0.717) is 11.3 Å². The molecular formula is C14H19BrO4. The van der Waals surface area contributed by atoms with Crippen molar-refractivity contribution in [2.24, 2.45) is 5.41 Å². The van der Waals surface area contributed by atoms with E-state index in [9.17, 15) is 9.90 Å². The molecule has 0 bridgehead atoms. The Hall–Kier alpha value is -1.07. The maximum absolute atomic E-state index is 11.6. The molecule has 1 aromatic rings. The molecule has 0 heterocycles. The Balaban J connectivity index is 2.86. The molecule has 0 saturated heterocycles. The average molecular weight is 331 g/mol. The van der Waals surface area contributed by atoms with Crippen LogP contribution in [0.1, 0.15) is 32.4 Å². The predicted molar refractivity (Wildman–Crippen MR) is 76.1 cm³/mol. The van der Waals surface area contributed by atoms with E-state index in [1.807, 2.05) is 6.07 Å². The Bertz CT molecular complexity index is 455. The Morgan fingerprint density at radius 1 is 1.47 bits per heavy atom. The highest BCUT2D eigenvalue weighted by Crippen LogP contribution is 2.30. The number of rotatable bonds is 5. The first-order chi connectivity index (χ1) is 8.77. The summed E-state index contributed by atoms with van der Waals surface area (Å²) in [7, 11) is 1.35. The van der Waals surface area contributed by atoms with Crippen molar-refractivity contribution in [1.29, 1.82) is 0 Å². The minimum Gasteiger partial charge on any atom is -0.492 e. The lowest BCUT2D eigenvalue weighted by Gasteiger charge is -2.23. The Morgan fingerprint density at radius 2 is 2.11 bits per heavy atom. The molecular weight excluding hydrogens is 312 g/mol. The van der Waals surface area contributed by atoms with Crippen molar-refractivity contribution in [2.75, 3.05) is 13.7 Å². The zero-order valence-corrected chi connectivity index (χ0v) is 13.2. The summed E-state index contributed by atoms with van der Waals surface area (Å²) in [6, 6.07) is 5.39. The first-order valence-corrected chi connectivity index (χ1v) is 6.76. The summed E-state index contributed by atoms with van der Waals surface area (Å²) in [4.78, 5) is 11.6. The van der Waals surface area contributed by atoms with Gasteiger partial charge in [-0.1, -0.05) is 15.9 Å². The molecule has 1 rings (SSSR count). The van der Waals surface area contributed by atoms with Gasteiger partial charge in [0.15, 0.2) is 0 Å². The third-order valence-electron chi connectivity index (χ3n) is 2.75. The number of carbonyl (C=O) groups excluding carboxylic acids is 1. The normalized spacial score (nSPS) is 12.9. The van der Waals surface area contributed by atoms with E-state index in [0.717, 1.165) is 4.47 Å². The lowest BCUT2D eigenvalue weighted by Crippen LogP contribution is -2.32. The van der Waals surface area contributed by atoms with Crippen LogP contribution in [0.4, 0.5) is 0 Å². The molecule has 0 saturated carbocycles. The Labute approximate surface area is 121 Å². The van der Waals surface area contributed by atoms with Crippen LogP contribution in [0.3, 0.4) is 0 Å². The number of hydrogen-bond donors (Lipinski definition) is 1. The van der Waals surface area contributed by atoms with Crippen molar-refractivity contribution in [3.63, 3.8) is 0 Å². The summed E-state index contributed by atoms with van der Waals surface area (Å²) < 4.78 is 11.2. The summed E-state index contributed by atoms with van der Waals surface area (Å²) in [5.74, 6) is 0.235. The first kappa shape index (κ1) is 16.0. The number of ether oxygens (including phenoxy) is 2. The minimum atomic E-state index is -0.738. The highest BCUT2D eigenvalue weighted by Gasteiger charge is 2.30. The molecule has 0 amide bonds. The quantitative estimate of drug-likeness (QED) is 0.843. The largest absolute Gasteiger partial charge is 0.492 e. The van der Waals surface area contributed by atoms with Gasteiger partial charge >= 0.3 is 5.97 Å². The molecule has 1 N–H and O–H groups in total. The summed E-state index contributed by atoms with van der Waals surface area (Å²) >= 11 is 3.35. The summed E-state index contributed by atoms with van der Waals surface area (Å²) in [5, 5.41) is 9.72. The molecule has 106 valence electrons. The van der Waals surface area contributed by atoms with E-state index >= 15 is 0 Å². The van der Waals surface area contributed by atoms with Gasteiger partial charge in [0.2, 0.25) is 0 Å². The molecule has 0 aliphatic carbocycles. The molecule has 0 aliphatic heterocycles. The number of carbonyl (C=O) groups is 1. The lowest BCUT2D eigenvalue weighted by atomic mass is 9.95. The van der Waals surface area contributed by atoms with Gasteiger partial charge in [0.1, 0.15) is 12.4 Å². The van der Waals surface area contributed by atoms with E-state index in [2.05, 4.69) is 15.9 Å². The SMILES string of the molecule is COC(=O)C(C)(C)COc1ccc(Br)cc1[C@@H](C)O. The summed E-state index contributed by atoms with van der Waals surface area (Å²) in [6.07, 6.45) is -0.645. The fourth-order valence-electron chi connectivity index (χ4n) is 1.57. The fraction of sp³-hybridized carbons (Fsp3) is 0.500. The molecule has 0 fully saturated rings. The summed E-state index contributed by atoms with van der Waals surface area (Å²) in [6.45, 7) is 5.35. The predicted octanol–water partition coefficient (Wildman–Crippen LogP) is 3.08. The van der Waals surface area contributed by atoms with Gasteiger partial charge in [-0.2, -0.15) is 0 Å². The molecule has 19 heavy (non-hydrogen) atoms. The van der Waals surface area contributed by atoms with Crippen molar-refractivity contribution in [1.82, 2.24) is 0 Å². The van der Waals surface area contributed by atoms with Crippen LogP contribution in [0.15, 0.2) is 22.7 Å². The standard InChI is InChI=1S/C14H19BrO4/c1-9(16)11-7-10(15)5-6-12(11)19-8-14(2,3)13(17)18-4/h5-7,9,16H,8H2,1-4H3/t9-/m1/s1. The third-order valence-corrected chi connectivity index (χ3v) is 3.24. The topological polar surface area (TPSA) is 55.8 Å². The van der Waals surface area contributed by atoms with E-state index in [1.165, 1.54) is 7.11 Å². The third kappa shape index (κ3) is 4.21. The van der Waals surface area contributed by atoms with Crippen molar-refractivity contribution in [3.8, 4) is 5.75 Å². The zero-order valence-electron chi connectivity index (χ0n) is 11.6. The van der Waals surface area contributed by atoms with Gasteiger partial charge in [0.25, 0.3) is 0 Å². The maximum Gasteiger partial charge on any atom is 0.314 e. The second-order valence-electron chi connectivity index (χ2n) is 5.02. The van der Waals surface area contributed by atoms with Crippen LogP contribution in [0.2, 0.25) is 0 Å². The number of hydrogen-bond acceptors (Lipinski definition) is 4. The average Bonchev–Trinajstić information content (AvgIpc) is 2.36. The minimum absolute atomic E-state index is 0.182. The molecule has 1 atom stereocenters. The second kappa shape index (κ2) is 6.39. The number of halogens is 1. The van der Waals surface area contributed by atoms with Gasteiger partial charge in [-0.3, -0.25) is 4.79 Å². The van der Waals surface area contributed by atoms with Gasteiger partial charge < -0.3 is 14.6 Å². The van der Waals surface area contributed by atoms with Gasteiger partial charge in [-0.05, 0) is 39.0 Å². The van der Waals surface area contributed by atoms with Crippen LogP contribution in [-0.4, -0.2) is 24.8 Å². The number of aliphatic hydroxyl groups excluding tert-OH is 1. The highest BCUT2D eigenvalue weighted by molar-refractivity contribution is 9.10. The molecule has 0 radical (unpaired) electrons. The van der Waals surface area contributed by atoms with Gasteiger partial charge in [-0.15, -0.1) is 0 Å². The Kier molecular flexibility index (Phi) is 5.38. The van der Waals surface area contributed by atoms with E-state index < -0.39 is 11.5 Å². The summed E-state index contributed by atoms with van der Waals surface area (Å²) in [5.41, 5.74) is -0.0623. The van der Waals surface area contributed by atoms with Gasteiger partial charge in [0.05, 0.1) is 18.6 Å². The van der Waals surface area contributed by atoms with E-state index in [4.69, 9.17) is 9.47 Å². The van der Waals surface area contributed by atoms with Gasteiger partial charge in [-0.25, -0.2) is 0 Å². The molecule has 1 aromatic carbocycles. The maximum atomic E-state index is 11.6. The second-order valence-corrected chi connectivity index (χ2v) is 5.94. The molecule has 0 aromatic heterocycles. The molecule has 0 unspecified atom stereocenters. The number of benzene rings is 1.